The van der Waals surface area contributed by atoms with Crippen molar-refractivity contribution in [2.75, 3.05) is 6.26 Å². The van der Waals surface area contributed by atoms with Gasteiger partial charge in [-0.05, 0) is 19.8 Å². The average Bonchev–Trinajstić information content (AvgIpc) is 2.60. The summed E-state index contributed by atoms with van der Waals surface area (Å²) in [6.45, 7) is 1.62. The first-order chi connectivity index (χ1) is 7.39. The number of hydrogen-bond donors (Lipinski definition) is 0. The number of aromatic nitrogens is 1. The fourth-order valence-corrected chi connectivity index (χ4v) is 3.79. The lowest BCUT2D eigenvalue weighted by molar-refractivity contribution is 0.0968. The van der Waals surface area contributed by atoms with Crippen molar-refractivity contribution in [2.45, 2.75) is 31.4 Å². The average molecular weight is 259 g/mol. The summed E-state index contributed by atoms with van der Waals surface area (Å²) < 4.78 is 22.8. The van der Waals surface area contributed by atoms with Crippen LogP contribution in [0.15, 0.2) is 0 Å². The summed E-state index contributed by atoms with van der Waals surface area (Å²) in [7, 11) is -3.14. The highest BCUT2D eigenvalue weighted by Gasteiger charge is 2.27. The lowest BCUT2D eigenvalue weighted by atomic mass is 10.0. The molecule has 0 aromatic carbocycles. The lowest BCUT2D eigenvalue weighted by Crippen LogP contribution is -2.10. The largest absolute Gasteiger partial charge is 0.292 e. The fraction of sp³-hybridized carbons (Fsp3) is 0.600. The molecule has 0 saturated heterocycles. The number of thiazole rings is 1. The van der Waals surface area contributed by atoms with Gasteiger partial charge in [0, 0.05) is 17.6 Å². The zero-order valence-corrected chi connectivity index (χ0v) is 10.8. The summed E-state index contributed by atoms with van der Waals surface area (Å²) in [5.41, 5.74) is 0.502. The van der Waals surface area contributed by atoms with Crippen molar-refractivity contribution in [1.29, 1.82) is 0 Å². The maximum Gasteiger partial charge on any atom is 0.182 e. The molecule has 0 spiro atoms. The van der Waals surface area contributed by atoms with E-state index in [1.807, 2.05) is 0 Å². The molecule has 16 heavy (non-hydrogen) atoms. The maximum atomic E-state index is 11.6. The van der Waals surface area contributed by atoms with Gasteiger partial charge in [-0.2, -0.15) is 0 Å². The van der Waals surface area contributed by atoms with Gasteiger partial charge in [0.2, 0.25) is 0 Å². The summed E-state index contributed by atoms with van der Waals surface area (Å²) in [6.07, 6.45) is 3.42. The Morgan fingerprint density at radius 1 is 1.38 bits per heavy atom. The third-order valence-electron chi connectivity index (χ3n) is 2.78. The molecule has 1 aromatic rings. The van der Waals surface area contributed by atoms with E-state index >= 15 is 0 Å². The molecule has 0 N–H and O–H groups in total. The highest BCUT2D eigenvalue weighted by atomic mass is 32.2. The van der Waals surface area contributed by atoms with Crippen molar-refractivity contribution in [1.82, 2.24) is 4.98 Å². The maximum absolute atomic E-state index is 11.6. The molecule has 0 radical (unpaired) electrons. The molecule has 0 fully saturated rings. The summed E-state index contributed by atoms with van der Waals surface area (Å²) in [5, 5.41) is -0.0707. The molecule has 0 aliphatic heterocycles. The normalized spacial score (nSPS) is 18.2. The number of rotatable bonds is 2. The Bertz CT molecular complexity index is 530. The van der Waals surface area contributed by atoms with Gasteiger partial charge in [-0.15, -0.1) is 11.3 Å². The first-order valence-corrected chi connectivity index (χ1v) is 7.88. The molecular weight excluding hydrogens is 246 g/mol. The molecule has 0 amide bonds. The van der Waals surface area contributed by atoms with Crippen molar-refractivity contribution < 1.29 is 13.2 Å². The molecule has 2 rings (SSSR count). The Kier molecular flexibility index (Phi) is 2.88. The first kappa shape index (κ1) is 11.7. The van der Waals surface area contributed by atoms with Crippen LogP contribution in [0.1, 0.15) is 45.4 Å². The molecule has 1 aromatic heterocycles. The van der Waals surface area contributed by atoms with E-state index < -0.39 is 15.1 Å². The molecule has 4 nitrogen and oxygen atoms in total. The van der Waals surface area contributed by atoms with Crippen LogP contribution in [0.5, 0.6) is 0 Å². The van der Waals surface area contributed by atoms with Crippen LogP contribution < -0.4 is 0 Å². The third kappa shape index (κ3) is 2.04. The second kappa shape index (κ2) is 3.92. The standard InChI is InChI=1S/C10H13NO3S2/c1-6(16(2,13)14)10-11-9-7(12)4-3-5-8(9)15-10/h6H,3-5H2,1-2H3. The third-order valence-corrected chi connectivity index (χ3v) is 5.73. The van der Waals surface area contributed by atoms with Crippen molar-refractivity contribution in [2.24, 2.45) is 0 Å². The number of nitrogens with zero attached hydrogens (tertiary/aromatic N) is 1. The van der Waals surface area contributed by atoms with Gasteiger partial charge in [-0.1, -0.05) is 0 Å². The van der Waals surface area contributed by atoms with Crippen LogP contribution >= 0.6 is 11.3 Å². The predicted molar refractivity (Wildman–Crippen MR) is 62.6 cm³/mol. The van der Waals surface area contributed by atoms with Crippen LogP contribution in [0.4, 0.5) is 0 Å². The number of sulfone groups is 1. The van der Waals surface area contributed by atoms with Gasteiger partial charge in [0.05, 0.1) is 0 Å². The second-order valence-corrected chi connectivity index (χ2v) is 7.55. The van der Waals surface area contributed by atoms with Gasteiger partial charge in [-0.3, -0.25) is 4.79 Å². The van der Waals surface area contributed by atoms with Gasteiger partial charge in [0.25, 0.3) is 0 Å². The minimum Gasteiger partial charge on any atom is -0.292 e. The van der Waals surface area contributed by atoms with Gasteiger partial charge in [0.15, 0.2) is 15.6 Å². The number of Topliss-reactive ketones (excluding diaryl/α,β-unsaturated/α-hetero) is 1. The van der Waals surface area contributed by atoms with Crippen molar-refractivity contribution in [3.8, 4) is 0 Å². The Morgan fingerprint density at radius 3 is 2.62 bits per heavy atom. The number of aryl methyl sites for hydroxylation is 1. The topological polar surface area (TPSA) is 64.1 Å². The Balaban J connectivity index is 2.42. The number of ketones is 1. The van der Waals surface area contributed by atoms with Crippen LogP contribution in [0.25, 0.3) is 0 Å². The van der Waals surface area contributed by atoms with Crippen LogP contribution in [0, 0.1) is 0 Å². The monoisotopic (exact) mass is 259 g/mol. The van der Waals surface area contributed by atoms with Crippen molar-refractivity contribution >= 4 is 27.0 Å². The summed E-state index contributed by atoms with van der Waals surface area (Å²) in [5.74, 6) is 0.0458. The zero-order valence-electron chi connectivity index (χ0n) is 9.19. The molecule has 0 bridgehead atoms. The molecule has 1 aliphatic carbocycles. The molecule has 1 atom stereocenters. The van der Waals surface area contributed by atoms with E-state index in [-0.39, 0.29) is 5.78 Å². The molecule has 0 saturated carbocycles. The van der Waals surface area contributed by atoms with E-state index in [9.17, 15) is 13.2 Å². The van der Waals surface area contributed by atoms with Crippen molar-refractivity contribution in [3.63, 3.8) is 0 Å². The predicted octanol–water partition coefficient (Wildman–Crippen LogP) is 1.77. The van der Waals surface area contributed by atoms with Crippen LogP contribution in [0.2, 0.25) is 0 Å². The fourth-order valence-electron chi connectivity index (χ4n) is 1.64. The van der Waals surface area contributed by atoms with Crippen LogP contribution in [-0.2, 0) is 16.3 Å². The molecule has 1 aliphatic rings. The molecule has 88 valence electrons. The number of fused-ring (bicyclic) bond motifs is 1. The molecule has 6 heteroatoms. The van der Waals surface area contributed by atoms with Gasteiger partial charge in [0.1, 0.15) is 16.0 Å². The minimum atomic E-state index is -3.14. The van der Waals surface area contributed by atoms with E-state index in [4.69, 9.17) is 0 Å². The van der Waals surface area contributed by atoms with E-state index in [1.54, 1.807) is 6.92 Å². The van der Waals surface area contributed by atoms with E-state index in [1.165, 1.54) is 17.6 Å². The molecule has 1 heterocycles. The second-order valence-electron chi connectivity index (χ2n) is 4.07. The molecule has 1 unspecified atom stereocenters. The Hall–Kier alpha value is -0.750. The van der Waals surface area contributed by atoms with E-state index in [2.05, 4.69) is 4.98 Å². The SMILES string of the molecule is CC(c1nc2c(s1)CCCC2=O)S(C)(=O)=O. The molecular formula is C10H13NO3S2. The first-order valence-electron chi connectivity index (χ1n) is 5.11. The number of carbonyl (C=O) groups excluding carboxylic acids is 1. The summed E-state index contributed by atoms with van der Waals surface area (Å²) >= 11 is 1.36. The van der Waals surface area contributed by atoms with E-state index in [0.717, 1.165) is 17.7 Å². The Labute approximate surface area is 98.6 Å². The highest BCUT2D eigenvalue weighted by Crippen LogP contribution is 2.32. The smallest absolute Gasteiger partial charge is 0.182 e. The highest BCUT2D eigenvalue weighted by molar-refractivity contribution is 7.91. The van der Waals surface area contributed by atoms with Crippen molar-refractivity contribution in [3.05, 3.63) is 15.6 Å². The lowest BCUT2D eigenvalue weighted by Gasteiger charge is -2.06. The number of carbonyl (C=O) groups is 1. The summed E-state index contributed by atoms with van der Waals surface area (Å²) in [6, 6.07) is 0. The number of hydrogen-bond acceptors (Lipinski definition) is 5. The van der Waals surface area contributed by atoms with Gasteiger partial charge >= 0.3 is 0 Å². The van der Waals surface area contributed by atoms with Crippen LogP contribution in [0.3, 0.4) is 0 Å². The minimum absolute atomic E-state index is 0.0458. The van der Waals surface area contributed by atoms with Gasteiger partial charge in [-0.25, -0.2) is 13.4 Å². The Morgan fingerprint density at radius 2 is 2.06 bits per heavy atom. The quantitative estimate of drug-likeness (QED) is 0.812. The van der Waals surface area contributed by atoms with Crippen LogP contribution in [-0.4, -0.2) is 25.4 Å². The zero-order chi connectivity index (χ0) is 11.9. The summed E-state index contributed by atoms with van der Waals surface area (Å²) in [4.78, 5) is 16.7. The van der Waals surface area contributed by atoms with E-state index in [0.29, 0.717) is 17.1 Å². The van der Waals surface area contributed by atoms with Gasteiger partial charge < -0.3 is 0 Å².